The summed E-state index contributed by atoms with van der Waals surface area (Å²) < 4.78 is 13.0. The van der Waals surface area contributed by atoms with Crippen LogP contribution >= 0.6 is 0 Å². The molecule has 0 radical (unpaired) electrons. The van der Waals surface area contributed by atoms with E-state index in [9.17, 15) is 4.79 Å². The smallest absolute Gasteiger partial charge is 0.253 e. The van der Waals surface area contributed by atoms with Crippen molar-refractivity contribution >= 4 is 10.9 Å². The van der Waals surface area contributed by atoms with E-state index in [1.807, 2.05) is 28.9 Å². The standard InChI is InChI=1S/C21H26N6O3/c1-29-15-6-7-18-14(11-15)12-17(21(28)22-18)19(26-8-2-3-9-26)20-23-24-25-27(20)13-16-5-4-10-30-16/h6-7,11-12,16,19H,2-5,8-10,13H2,1H3,(H,22,28)/t16-,19-/m1/s1. The summed E-state index contributed by atoms with van der Waals surface area (Å²) in [7, 11) is 1.64. The zero-order chi connectivity index (χ0) is 20.5. The van der Waals surface area contributed by atoms with Crippen molar-refractivity contribution < 1.29 is 9.47 Å². The van der Waals surface area contributed by atoms with Gasteiger partial charge in [-0.05, 0) is 73.5 Å². The molecule has 9 heteroatoms. The molecule has 0 amide bonds. The summed E-state index contributed by atoms with van der Waals surface area (Å²) in [4.78, 5) is 18.4. The Labute approximate surface area is 174 Å². The predicted octanol–water partition coefficient (Wildman–Crippen LogP) is 1.89. The molecule has 0 spiro atoms. The average Bonchev–Trinajstić information content (AvgIpc) is 3.53. The van der Waals surface area contributed by atoms with E-state index < -0.39 is 0 Å². The Hall–Kier alpha value is -2.78. The third kappa shape index (κ3) is 3.59. The second-order valence-corrected chi connectivity index (χ2v) is 8.01. The van der Waals surface area contributed by atoms with Gasteiger partial charge in [0, 0.05) is 23.1 Å². The number of methoxy groups -OCH3 is 1. The van der Waals surface area contributed by atoms with Crippen LogP contribution in [-0.2, 0) is 11.3 Å². The van der Waals surface area contributed by atoms with E-state index >= 15 is 0 Å². The number of aromatic amines is 1. The molecule has 4 heterocycles. The maximum absolute atomic E-state index is 13.1. The van der Waals surface area contributed by atoms with Gasteiger partial charge in [0.15, 0.2) is 5.82 Å². The van der Waals surface area contributed by atoms with Gasteiger partial charge in [-0.15, -0.1) is 5.10 Å². The minimum absolute atomic E-state index is 0.115. The molecule has 1 aromatic carbocycles. The van der Waals surface area contributed by atoms with Crippen LogP contribution in [0.5, 0.6) is 5.75 Å². The monoisotopic (exact) mass is 410 g/mol. The molecule has 5 rings (SSSR count). The number of benzene rings is 1. The van der Waals surface area contributed by atoms with Gasteiger partial charge in [0.2, 0.25) is 0 Å². The van der Waals surface area contributed by atoms with Crippen molar-refractivity contribution in [2.24, 2.45) is 0 Å². The van der Waals surface area contributed by atoms with Crippen LogP contribution in [0.1, 0.15) is 43.1 Å². The summed E-state index contributed by atoms with van der Waals surface area (Å²) in [5.41, 5.74) is 1.32. The third-order valence-corrected chi connectivity index (χ3v) is 6.09. The number of rotatable bonds is 6. The first kappa shape index (κ1) is 19.2. The lowest BCUT2D eigenvalue weighted by Gasteiger charge is -2.27. The van der Waals surface area contributed by atoms with Gasteiger partial charge in [0.1, 0.15) is 11.8 Å². The topological polar surface area (TPSA) is 98.2 Å². The van der Waals surface area contributed by atoms with Crippen molar-refractivity contribution in [3.05, 3.63) is 46.0 Å². The second-order valence-electron chi connectivity index (χ2n) is 8.01. The Kier molecular flexibility index (Phi) is 5.22. The van der Waals surface area contributed by atoms with E-state index in [-0.39, 0.29) is 17.7 Å². The molecule has 2 aliphatic rings. The van der Waals surface area contributed by atoms with Gasteiger partial charge >= 0.3 is 0 Å². The number of ether oxygens (including phenoxy) is 2. The van der Waals surface area contributed by atoms with Gasteiger partial charge in [-0.25, -0.2) is 4.68 Å². The predicted molar refractivity (Wildman–Crippen MR) is 111 cm³/mol. The first-order valence-corrected chi connectivity index (χ1v) is 10.6. The molecule has 2 aliphatic heterocycles. The molecule has 2 saturated heterocycles. The minimum Gasteiger partial charge on any atom is -0.497 e. The number of hydrogen-bond donors (Lipinski definition) is 1. The summed E-state index contributed by atoms with van der Waals surface area (Å²) in [6, 6.07) is 7.29. The Morgan fingerprint density at radius 3 is 2.90 bits per heavy atom. The molecule has 158 valence electrons. The average molecular weight is 410 g/mol. The fraction of sp³-hybridized carbons (Fsp3) is 0.524. The highest BCUT2D eigenvalue weighted by Gasteiger charge is 2.32. The van der Waals surface area contributed by atoms with Crippen LogP contribution in [0, 0.1) is 0 Å². The number of nitrogens with one attached hydrogen (secondary N) is 1. The van der Waals surface area contributed by atoms with Crippen molar-refractivity contribution in [3.8, 4) is 5.75 Å². The Morgan fingerprint density at radius 2 is 2.13 bits per heavy atom. The molecule has 1 N–H and O–H groups in total. The van der Waals surface area contributed by atoms with Crippen molar-refractivity contribution in [1.82, 2.24) is 30.1 Å². The van der Waals surface area contributed by atoms with E-state index in [1.54, 1.807) is 7.11 Å². The molecule has 30 heavy (non-hydrogen) atoms. The number of likely N-dealkylation sites (tertiary alicyclic amines) is 1. The molecule has 3 aromatic rings. The number of H-pyrrole nitrogens is 1. The van der Waals surface area contributed by atoms with E-state index in [0.717, 1.165) is 62.0 Å². The Balaban J connectivity index is 1.59. The van der Waals surface area contributed by atoms with Gasteiger partial charge < -0.3 is 14.5 Å². The number of aromatic nitrogens is 5. The van der Waals surface area contributed by atoms with Crippen molar-refractivity contribution in [2.45, 2.75) is 44.4 Å². The molecule has 2 aromatic heterocycles. The van der Waals surface area contributed by atoms with Gasteiger partial charge in [0.25, 0.3) is 5.56 Å². The quantitative estimate of drug-likeness (QED) is 0.663. The van der Waals surface area contributed by atoms with Gasteiger partial charge in [-0.1, -0.05) is 0 Å². The maximum atomic E-state index is 13.1. The molecule has 9 nitrogen and oxygen atoms in total. The summed E-state index contributed by atoms with van der Waals surface area (Å²) in [5, 5.41) is 13.5. The van der Waals surface area contributed by atoms with Crippen LogP contribution in [0.4, 0.5) is 0 Å². The van der Waals surface area contributed by atoms with Gasteiger partial charge in [-0.2, -0.15) is 0 Å². The van der Waals surface area contributed by atoms with Crippen molar-refractivity contribution in [2.75, 3.05) is 26.8 Å². The zero-order valence-electron chi connectivity index (χ0n) is 17.1. The van der Waals surface area contributed by atoms with Crippen LogP contribution < -0.4 is 10.3 Å². The fourth-order valence-corrected chi connectivity index (χ4v) is 4.55. The fourth-order valence-electron chi connectivity index (χ4n) is 4.55. The summed E-state index contributed by atoms with van der Waals surface area (Å²) >= 11 is 0. The van der Waals surface area contributed by atoms with Gasteiger partial charge in [-0.3, -0.25) is 9.69 Å². The minimum atomic E-state index is -0.303. The highest BCUT2D eigenvalue weighted by molar-refractivity contribution is 5.80. The molecule has 0 saturated carbocycles. The highest BCUT2D eigenvalue weighted by atomic mass is 16.5. The molecule has 2 atom stereocenters. The van der Waals surface area contributed by atoms with Crippen LogP contribution in [0.15, 0.2) is 29.1 Å². The molecular formula is C21H26N6O3. The number of pyridine rings is 1. The van der Waals surface area contributed by atoms with Crippen molar-refractivity contribution in [1.29, 1.82) is 0 Å². The number of tetrazole rings is 1. The number of fused-ring (bicyclic) bond motifs is 1. The van der Waals surface area contributed by atoms with E-state index in [2.05, 4.69) is 25.4 Å². The second kappa shape index (κ2) is 8.16. The summed E-state index contributed by atoms with van der Waals surface area (Å²) in [5.74, 6) is 1.45. The van der Waals surface area contributed by atoms with Crippen molar-refractivity contribution in [3.63, 3.8) is 0 Å². The van der Waals surface area contributed by atoms with Gasteiger partial charge in [0.05, 0.1) is 19.8 Å². The largest absolute Gasteiger partial charge is 0.497 e. The third-order valence-electron chi connectivity index (χ3n) is 6.09. The molecular weight excluding hydrogens is 384 g/mol. The lowest BCUT2D eigenvalue weighted by molar-refractivity contribution is 0.0912. The Bertz CT molecular complexity index is 1080. The molecule has 0 unspecified atom stereocenters. The van der Waals surface area contributed by atoms with E-state index in [0.29, 0.717) is 17.9 Å². The van der Waals surface area contributed by atoms with Crippen LogP contribution in [0.3, 0.4) is 0 Å². The first-order chi connectivity index (χ1) is 14.7. The van der Waals surface area contributed by atoms with E-state index in [1.165, 1.54) is 0 Å². The van der Waals surface area contributed by atoms with Crippen LogP contribution in [0.2, 0.25) is 0 Å². The lowest BCUT2D eigenvalue weighted by atomic mass is 10.0. The summed E-state index contributed by atoms with van der Waals surface area (Å²) in [6.07, 6.45) is 4.38. The summed E-state index contributed by atoms with van der Waals surface area (Å²) in [6.45, 7) is 3.20. The molecule has 0 bridgehead atoms. The zero-order valence-corrected chi connectivity index (χ0v) is 17.1. The first-order valence-electron chi connectivity index (χ1n) is 10.6. The number of nitrogens with zero attached hydrogens (tertiary/aromatic N) is 5. The van der Waals surface area contributed by atoms with Crippen LogP contribution in [-0.4, -0.2) is 63.0 Å². The normalized spacial score (nSPS) is 20.8. The Morgan fingerprint density at radius 1 is 1.27 bits per heavy atom. The van der Waals surface area contributed by atoms with Crippen LogP contribution in [0.25, 0.3) is 10.9 Å². The molecule has 2 fully saturated rings. The number of hydrogen-bond acceptors (Lipinski definition) is 7. The molecule has 0 aliphatic carbocycles. The highest BCUT2D eigenvalue weighted by Crippen LogP contribution is 2.30. The lowest BCUT2D eigenvalue weighted by Crippen LogP contribution is -2.34. The van der Waals surface area contributed by atoms with E-state index in [4.69, 9.17) is 9.47 Å². The SMILES string of the molecule is COc1ccc2[nH]c(=O)c([C@H](c3nnnn3C[C@H]3CCCO3)N3CCCC3)cc2c1. The maximum Gasteiger partial charge on any atom is 0.253 e.